The molecule has 0 aliphatic carbocycles. The van der Waals surface area contributed by atoms with E-state index < -0.39 is 0 Å². The number of aryl methyl sites for hydroxylation is 1. The number of unbranched alkanes of at least 4 members (excludes halogenated alkanes) is 3. The van der Waals surface area contributed by atoms with Gasteiger partial charge < -0.3 is 0 Å². The zero-order chi connectivity index (χ0) is 10.2. The number of carbonyl (C=O) groups excluding carboxylic acids is 1. The van der Waals surface area contributed by atoms with Crippen molar-refractivity contribution in [1.29, 1.82) is 0 Å². The highest BCUT2D eigenvalue weighted by Gasteiger charge is 1.95. The molecule has 0 aliphatic heterocycles. The fourth-order valence-corrected chi connectivity index (χ4v) is 1.58. The van der Waals surface area contributed by atoms with E-state index in [0.29, 0.717) is 0 Å². The monoisotopic (exact) mass is 190 g/mol. The number of aldehydes is 1. The van der Waals surface area contributed by atoms with Gasteiger partial charge in [-0.05, 0) is 24.5 Å². The van der Waals surface area contributed by atoms with Crippen molar-refractivity contribution in [2.75, 3.05) is 0 Å². The molecule has 1 aromatic rings. The lowest BCUT2D eigenvalue weighted by Crippen LogP contribution is -1.88. The van der Waals surface area contributed by atoms with Crippen LogP contribution in [0.1, 0.15) is 48.5 Å². The first-order valence-corrected chi connectivity index (χ1v) is 5.41. The molecule has 76 valence electrons. The maximum atomic E-state index is 10.5. The normalized spacial score (nSPS) is 10.1. The van der Waals surface area contributed by atoms with E-state index in [1.54, 1.807) is 0 Å². The van der Waals surface area contributed by atoms with Crippen LogP contribution in [0.25, 0.3) is 0 Å². The largest absolute Gasteiger partial charge is 0.298 e. The van der Waals surface area contributed by atoms with Crippen LogP contribution in [0.15, 0.2) is 24.3 Å². The van der Waals surface area contributed by atoms with Crippen LogP contribution in [0.4, 0.5) is 0 Å². The summed E-state index contributed by atoms with van der Waals surface area (Å²) in [6.45, 7) is 2.22. The molecule has 0 spiro atoms. The van der Waals surface area contributed by atoms with Gasteiger partial charge in [-0.3, -0.25) is 4.79 Å². The molecular weight excluding hydrogens is 172 g/mol. The Labute approximate surface area is 86.1 Å². The second kappa shape index (κ2) is 6.36. The van der Waals surface area contributed by atoms with Gasteiger partial charge >= 0.3 is 0 Å². The predicted octanol–water partition coefficient (Wildman–Crippen LogP) is 3.62. The summed E-state index contributed by atoms with van der Waals surface area (Å²) < 4.78 is 0. The Kier molecular flexibility index (Phi) is 4.98. The average Bonchev–Trinajstić information content (AvgIpc) is 2.25. The summed E-state index contributed by atoms with van der Waals surface area (Å²) in [6.07, 6.45) is 7.12. The van der Waals surface area contributed by atoms with Crippen molar-refractivity contribution in [3.63, 3.8) is 0 Å². The van der Waals surface area contributed by atoms with Crippen LogP contribution in [-0.4, -0.2) is 6.29 Å². The molecule has 0 heterocycles. The fourth-order valence-electron chi connectivity index (χ4n) is 1.58. The van der Waals surface area contributed by atoms with E-state index >= 15 is 0 Å². The fraction of sp³-hybridized carbons (Fsp3) is 0.462. The highest BCUT2D eigenvalue weighted by atomic mass is 16.1. The quantitative estimate of drug-likeness (QED) is 0.494. The highest BCUT2D eigenvalue weighted by Crippen LogP contribution is 2.09. The third kappa shape index (κ3) is 3.73. The molecular formula is C13H18O. The number of hydrogen-bond donors (Lipinski definition) is 0. The van der Waals surface area contributed by atoms with E-state index in [4.69, 9.17) is 0 Å². The van der Waals surface area contributed by atoms with Crippen LogP contribution in [-0.2, 0) is 6.42 Å². The molecule has 0 atom stereocenters. The highest BCUT2D eigenvalue weighted by molar-refractivity contribution is 5.74. The van der Waals surface area contributed by atoms with Crippen LogP contribution in [0, 0.1) is 0 Å². The van der Waals surface area contributed by atoms with Crippen LogP contribution < -0.4 is 0 Å². The smallest absolute Gasteiger partial charge is 0.150 e. The average molecular weight is 190 g/mol. The van der Waals surface area contributed by atoms with Crippen molar-refractivity contribution in [2.45, 2.75) is 39.0 Å². The van der Waals surface area contributed by atoms with E-state index in [1.165, 1.54) is 31.2 Å². The summed E-state index contributed by atoms with van der Waals surface area (Å²) in [6, 6.07) is 7.89. The zero-order valence-electron chi connectivity index (χ0n) is 8.83. The Morgan fingerprint density at radius 2 is 2.07 bits per heavy atom. The minimum absolute atomic E-state index is 0.790. The van der Waals surface area contributed by atoms with Crippen molar-refractivity contribution < 1.29 is 4.79 Å². The SMILES string of the molecule is CCCCCCc1cccc(C=O)c1. The third-order valence-corrected chi connectivity index (χ3v) is 2.41. The van der Waals surface area contributed by atoms with Gasteiger partial charge in [0.2, 0.25) is 0 Å². The second-order valence-corrected chi connectivity index (χ2v) is 3.67. The number of carbonyl (C=O) groups is 1. The second-order valence-electron chi connectivity index (χ2n) is 3.67. The lowest BCUT2D eigenvalue weighted by atomic mass is 10.0. The number of benzene rings is 1. The molecule has 14 heavy (non-hydrogen) atoms. The van der Waals surface area contributed by atoms with E-state index in [2.05, 4.69) is 13.0 Å². The molecule has 0 N–H and O–H groups in total. The van der Waals surface area contributed by atoms with E-state index in [1.807, 2.05) is 18.2 Å². The number of hydrogen-bond acceptors (Lipinski definition) is 1. The van der Waals surface area contributed by atoms with Crippen molar-refractivity contribution in [3.8, 4) is 0 Å². The van der Waals surface area contributed by atoms with Crippen molar-refractivity contribution in [3.05, 3.63) is 35.4 Å². The molecule has 1 aromatic carbocycles. The van der Waals surface area contributed by atoms with Crippen LogP contribution in [0.5, 0.6) is 0 Å². The molecule has 0 unspecified atom stereocenters. The Morgan fingerprint density at radius 1 is 1.21 bits per heavy atom. The van der Waals surface area contributed by atoms with Gasteiger partial charge in [0.05, 0.1) is 0 Å². The van der Waals surface area contributed by atoms with E-state index in [-0.39, 0.29) is 0 Å². The summed E-state index contributed by atoms with van der Waals surface area (Å²) in [5.74, 6) is 0. The first kappa shape index (κ1) is 11.0. The van der Waals surface area contributed by atoms with Crippen LogP contribution >= 0.6 is 0 Å². The van der Waals surface area contributed by atoms with Gasteiger partial charge in [-0.25, -0.2) is 0 Å². The minimum atomic E-state index is 0.790. The number of rotatable bonds is 6. The molecule has 0 amide bonds. The molecule has 0 aliphatic rings. The topological polar surface area (TPSA) is 17.1 Å². The lowest BCUT2D eigenvalue weighted by Gasteiger charge is -2.01. The predicted molar refractivity (Wildman–Crippen MR) is 59.7 cm³/mol. The molecule has 0 aromatic heterocycles. The molecule has 1 rings (SSSR count). The van der Waals surface area contributed by atoms with Crippen molar-refractivity contribution >= 4 is 6.29 Å². The van der Waals surface area contributed by atoms with E-state index in [0.717, 1.165) is 18.3 Å². The molecule has 0 saturated carbocycles. The Balaban J connectivity index is 2.38. The molecule has 1 heteroatoms. The summed E-state index contributed by atoms with van der Waals surface area (Å²) >= 11 is 0. The Bertz CT molecular complexity index is 278. The molecule has 1 nitrogen and oxygen atoms in total. The van der Waals surface area contributed by atoms with Gasteiger partial charge in [-0.15, -0.1) is 0 Å². The van der Waals surface area contributed by atoms with Gasteiger partial charge in [0.1, 0.15) is 6.29 Å². The molecule has 0 saturated heterocycles. The van der Waals surface area contributed by atoms with Gasteiger partial charge in [0, 0.05) is 5.56 Å². The van der Waals surface area contributed by atoms with Crippen molar-refractivity contribution in [2.24, 2.45) is 0 Å². The maximum Gasteiger partial charge on any atom is 0.150 e. The zero-order valence-corrected chi connectivity index (χ0v) is 8.83. The lowest BCUT2D eigenvalue weighted by molar-refractivity contribution is 0.112. The molecule has 0 bridgehead atoms. The van der Waals surface area contributed by atoms with Crippen molar-refractivity contribution in [1.82, 2.24) is 0 Å². The first-order chi connectivity index (χ1) is 6.86. The van der Waals surface area contributed by atoms with Gasteiger partial charge in [-0.2, -0.15) is 0 Å². The minimum Gasteiger partial charge on any atom is -0.298 e. The van der Waals surface area contributed by atoms with E-state index in [9.17, 15) is 4.79 Å². The summed E-state index contributed by atoms with van der Waals surface area (Å²) in [4.78, 5) is 10.5. The van der Waals surface area contributed by atoms with Crippen LogP contribution in [0.3, 0.4) is 0 Å². The Morgan fingerprint density at radius 3 is 2.79 bits per heavy atom. The Hall–Kier alpha value is -1.11. The van der Waals surface area contributed by atoms with Gasteiger partial charge in [0.15, 0.2) is 0 Å². The first-order valence-electron chi connectivity index (χ1n) is 5.41. The van der Waals surface area contributed by atoms with Gasteiger partial charge in [0.25, 0.3) is 0 Å². The molecule has 0 radical (unpaired) electrons. The van der Waals surface area contributed by atoms with Gasteiger partial charge in [-0.1, -0.05) is 44.4 Å². The molecule has 0 fully saturated rings. The van der Waals surface area contributed by atoms with Crippen LogP contribution in [0.2, 0.25) is 0 Å². The summed E-state index contributed by atoms with van der Waals surface area (Å²) in [5.41, 5.74) is 2.07. The summed E-state index contributed by atoms with van der Waals surface area (Å²) in [5, 5.41) is 0. The third-order valence-electron chi connectivity index (χ3n) is 2.41. The maximum absolute atomic E-state index is 10.5. The standard InChI is InChI=1S/C13H18O/c1-2-3-4-5-7-12-8-6-9-13(10-12)11-14/h6,8-11H,2-5,7H2,1H3. The summed E-state index contributed by atoms with van der Waals surface area (Å²) in [7, 11) is 0.